The van der Waals surface area contributed by atoms with Gasteiger partial charge in [-0.25, -0.2) is 18.1 Å². The molecule has 1 aromatic carbocycles. The zero-order chi connectivity index (χ0) is 21.0. The van der Waals surface area contributed by atoms with Crippen LogP contribution in [0.5, 0.6) is 0 Å². The van der Waals surface area contributed by atoms with E-state index in [1.165, 1.54) is 0 Å². The second kappa shape index (κ2) is 7.06. The van der Waals surface area contributed by atoms with Gasteiger partial charge in [0.15, 0.2) is 15.5 Å². The van der Waals surface area contributed by atoms with Crippen LogP contribution < -0.4 is 5.32 Å². The molecule has 1 aliphatic heterocycles. The van der Waals surface area contributed by atoms with Crippen molar-refractivity contribution in [3.05, 3.63) is 52.3 Å². The molecule has 1 saturated carbocycles. The number of hydrogen-bond donors (Lipinski definition) is 1. The maximum atomic E-state index is 13.2. The molecule has 0 unspecified atom stereocenters. The number of benzene rings is 1. The van der Waals surface area contributed by atoms with Crippen molar-refractivity contribution in [2.24, 2.45) is 0 Å². The third-order valence-corrected chi connectivity index (χ3v) is 7.72. The molecule has 30 heavy (non-hydrogen) atoms. The summed E-state index contributed by atoms with van der Waals surface area (Å²) in [5.41, 5.74) is 3.24. The Morgan fingerprint density at radius 1 is 1.23 bits per heavy atom. The van der Waals surface area contributed by atoms with E-state index in [1.807, 2.05) is 13.0 Å². The van der Waals surface area contributed by atoms with Crippen LogP contribution in [0.3, 0.4) is 0 Å². The van der Waals surface area contributed by atoms with Crippen LogP contribution in [0.1, 0.15) is 53.0 Å². The van der Waals surface area contributed by atoms with Crippen molar-refractivity contribution in [1.29, 1.82) is 0 Å². The van der Waals surface area contributed by atoms with Crippen molar-refractivity contribution in [3.8, 4) is 0 Å². The summed E-state index contributed by atoms with van der Waals surface area (Å²) in [6.45, 7) is 1.83. The standard InChI is InChI=1S/C21H21ClN4O3S/c1-12-19-17(21(27)23-15-4-2-3-14(22)9-15)10-18(13-5-6-13)24-20(19)26(25-12)16-7-8-30(28,29)11-16/h2-4,9-10,13,16H,5-8,11H2,1H3,(H,23,27)/t16-/m1/s1. The van der Waals surface area contributed by atoms with Crippen molar-refractivity contribution in [1.82, 2.24) is 14.8 Å². The molecule has 0 bridgehead atoms. The number of sulfone groups is 1. The van der Waals surface area contributed by atoms with Gasteiger partial charge in [-0.05, 0) is 50.5 Å². The molecular weight excluding hydrogens is 424 g/mol. The first kappa shape index (κ1) is 19.5. The molecule has 0 radical (unpaired) electrons. The number of nitrogens with zero attached hydrogens (tertiary/aromatic N) is 3. The van der Waals surface area contributed by atoms with Gasteiger partial charge in [0.05, 0.1) is 34.2 Å². The first-order chi connectivity index (χ1) is 14.3. The Balaban J connectivity index is 1.61. The zero-order valence-corrected chi connectivity index (χ0v) is 18.0. The SMILES string of the molecule is Cc1nn([C@@H]2CCS(=O)(=O)C2)c2nc(C3CC3)cc(C(=O)Nc3cccc(Cl)c3)c12. The Labute approximate surface area is 179 Å². The minimum atomic E-state index is -3.07. The molecule has 2 fully saturated rings. The molecule has 1 atom stereocenters. The number of rotatable bonds is 4. The number of nitrogens with one attached hydrogen (secondary N) is 1. The number of carbonyl (C=O) groups excluding carboxylic acids is 1. The average molecular weight is 445 g/mol. The minimum absolute atomic E-state index is 0.0581. The van der Waals surface area contributed by atoms with Gasteiger partial charge in [0.2, 0.25) is 0 Å². The largest absolute Gasteiger partial charge is 0.322 e. The van der Waals surface area contributed by atoms with Crippen LogP contribution in [-0.4, -0.2) is 40.6 Å². The maximum absolute atomic E-state index is 13.2. The minimum Gasteiger partial charge on any atom is -0.322 e. The van der Waals surface area contributed by atoms with E-state index in [0.717, 1.165) is 18.5 Å². The van der Waals surface area contributed by atoms with E-state index >= 15 is 0 Å². The van der Waals surface area contributed by atoms with Gasteiger partial charge in [-0.3, -0.25) is 4.79 Å². The van der Waals surface area contributed by atoms with Gasteiger partial charge in [0.25, 0.3) is 5.91 Å². The van der Waals surface area contributed by atoms with Crippen LogP contribution in [-0.2, 0) is 9.84 Å². The topological polar surface area (TPSA) is 93.9 Å². The van der Waals surface area contributed by atoms with Crippen molar-refractivity contribution in [3.63, 3.8) is 0 Å². The monoisotopic (exact) mass is 444 g/mol. The first-order valence-electron chi connectivity index (χ1n) is 9.98. The molecule has 9 heteroatoms. The smallest absolute Gasteiger partial charge is 0.256 e. The average Bonchev–Trinajstić information content (AvgIpc) is 3.41. The van der Waals surface area contributed by atoms with Crippen molar-refractivity contribution < 1.29 is 13.2 Å². The Morgan fingerprint density at radius 3 is 2.70 bits per heavy atom. The fourth-order valence-electron chi connectivity index (χ4n) is 4.09. The predicted molar refractivity (Wildman–Crippen MR) is 116 cm³/mol. The van der Waals surface area contributed by atoms with Crippen LogP contribution >= 0.6 is 11.6 Å². The van der Waals surface area contributed by atoms with Crippen LogP contribution in [0.4, 0.5) is 5.69 Å². The lowest BCUT2D eigenvalue weighted by Gasteiger charge is -2.12. The van der Waals surface area contributed by atoms with Gasteiger partial charge < -0.3 is 5.32 Å². The number of halogens is 1. The molecule has 3 aromatic rings. The molecule has 0 spiro atoms. The van der Waals surface area contributed by atoms with E-state index < -0.39 is 9.84 Å². The van der Waals surface area contributed by atoms with Crippen LogP contribution in [0, 0.1) is 6.92 Å². The Kier molecular flexibility index (Phi) is 4.59. The summed E-state index contributed by atoms with van der Waals surface area (Å²) in [5, 5.41) is 8.73. The molecule has 3 heterocycles. The van der Waals surface area contributed by atoms with Crippen LogP contribution in [0.25, 0.3) is 11.0 Å². The zero-order valence-electron chi connectivity index (χ0n) is 16.4. The molecule has 2 aromatic heterocycles. The Hall–Kier alpha value is -2.45. The Bertz CT molecular complexity index is 1280. The summed E-state index contributed by atoms with van der Waals surface area (Å²) >= 11 is 6.04. The first-order valence-corrected chi connectivity index (χ1v) is 12.2. The lowest BCUT2D eigenvalue weighted by molar-refractivity contribution is 0.102. The van der Waals surface area contributed by atoms with Gasteiger partial charge in [0.1, 0.15) is 0 Å². The number of fused-ring (bicyclic) bond motifs is 1. The number of aromatic nitrogens is 3. The van der Waals surface area contributed by atoms with E-state index in [2.05, 4.69) is 10.4 Å². The van der Waals surface area contributed by atoms with Gasteiger partial charge in [-0.15, -0.1) is 0 Å². The number of anilines is 1. The van der Waals surface area contributed by atoms with Crippen LogP contribution in [0.2, 0.25) is 5.02 Å². The van der Waals surface area contributed by atoms with Gasteiger partial charge in [0, 0.05) is 22.3 Å². The number of amides is 1. The van der Waals surface area contributed by atoms with Crippen LogP contribution in [0.15, 0.2) is 30.3 Å². The van der Waals surface area contributed by atoms with Crippen molar-refractivity contribution in [2.75, 3.05) is 16.8 Å². The van der Waals surface area contributed by atoms with E-state index in [4.69, 9.17) is 16.6 Å². The molecule has 1 amide bonds. The lowest BCUT2D eigenvalue weighted by atomic mass is 10.1. The highest BCUT2D eigenvalue weighted by atomic mass is 35.5. The molecule has 156 valence electrons. The van der Waals surface area contributed by atoms with Crippen molar-refractivity contribution >= 4 is 44.1 Å². The highest BCUT2D eigenvalue weighted by Gasteiger charge is 2.34. The molecule has 5 rings (SSSR count). The number of carbonyl (C=O) groups is 1. The number of pyridine rings is 1. The van der Waals surface area contributed by atoms with Crippen molar-refractivity contribution in [2.45, 2.75) is 38.1 Å². The van der Waals surface area contributed by atoms with Gasteiger partial charge >= 0.3 is 0 Å². The second-order valence-corrected chi connectivity index (χ2v) is 10.8. The van der Waals surface area contributed by atoms with Gasteiger partial charge in [-0.1, -0.05) is 17.7 Å². The molecule has 1 aliphatic carbocycles. The number of aryl methyl sites for hydroxylation is 1. The fourth-order valence-corrected chi connectivity index (χ4v) is 5.97. The highest BCUT2D eigenvalue weighted by Crippen LogP contribution is 2.41. The molecule has 1 saturated heterocycles. The normalized spacial score (nSPS) is 20.5. The second-order valence-electron chi connectivity index (χ2n) is 8.12. The third kappa shape index (κ3) is 3.58. The Morgan fingerprint density at radius 2 is 2.03 bits per heavy atom. The quantitative estimate of drug-likeness (QED) is 0.658. The van der Waals surface area contributed by atoms with E-state index in [-0.39, 0.29) is 23.5 Å². The summed E-state index contributed by atoms with van der Waals surface area (Å²) in [4.78, 5) is 18.0. The lowest BCUT2D eigenvalue weighted by Crippen LogP contribution is -2.15. The fraction of sp³-hybridized carbons (Fsp3) is 0.381. The van der Waals surface area contributed by atoms with Gasteiger partial charge in [-0.2, -0.15) is 5.10 Å². The summed E-state index contributed by atoms with van der Waals surface area (Å²) < 4.78 is 25.7. The predicted octanol–water partition coefficient (Wildman–Crippen LogP) is 3.88. The summed E-state index contributed by atoms with van der Waals surface area (Å²) in [7, 11) is -3.07. The van der Waals surface area contributed by atoms with E-state index in [1.54, 1.807) is 28.9 Å². The summed E-state index contributed by atoms with van der Waals surface area (Å²) in [5.74, 6) is 0.293. The summed E-state index contributed by atoms with van der Waals surface area (Å²) in [6.07, 6.45) is 2.59. The summed E-state index contributed by atoms with van der Waals surface area (Å²) in [6, 6.07) is 8.60. The third-order valence-electron chi connectivity index (χ3n) is 5.73. The maximum Gasteiger partial charge on any atom is 0.256 e. The molecular formula is C21H21ClN4O3S. The highest BCUT2D eigenvalue weighted by molar-refractivity contribution is 7.91. The van der Waals surface area contributed by atoms with E-state index in [0.29, 0.717) is 45.3 Å². The van der Waals surface area contributed by atoms with E-state index in [9.17, 15) is 13.2 Å². The number of hydrogen-bond acceptors (Lipinski definition) is 5. The molecule has 7 nitrogen and oxygen atoms in total. The molecule has 2 aliphatic rings. The molecule has 1 N–H and O–H groups in total.